The zero-order valence-corrected chi connectivity index (χ0v) is 14.1. The first kappa shape index (κ1) is 18.4. The van der Waals surface area contributed by atoms with E-state index in [4.69, 9.17) is 0 Å². The molecule has 0 aromatic rings. The van der Waals surface area contributed by atoms with E-state index < -0.39 is 0 Å². The Morgan fingerprint density at radius 1 is 0.722 bits per heavy atom. The van der Waals surface area contributed by atoms with Gasteiger partial charge in [0.25, 0.3) is 0 Å². The Balaban J connectivity index is 4.06. The third kappa shape index (κ3) is 6.53. The molecule has 0 N–H and O–H groups in total. The normalized spacial score (nSPS) is 19.8. The highest BCUT2D eigenvalue weighted by Crippen LogP contribution is 2.43. The van der Waals surface area contributed by atoms with Gasteiger partial charge in [0, 0.05) is 0 Å². The molecule has 5 atom stereocenters. The average molecular weight is 241 g/mol. The predicted molar refractivity (Wildman–Crippen MR) is 104 cm³/mol. The molecule has 18 heavy (non-hydrogen) atoms. The summed E-state index contributed by atoms with van der Waals surface area (Å²) in [6.45, 7) is 2.29. The van der Waals surface area contributed by atoms with Gasteiger partial charge in [-0.1, -0.05) is 74.4 Å². The first-order valence-electron chi connectivity index (χ1n) is 8.45. The van der Waals surface area contributed by atoms with Crippen LogP contribution in [0.4, 0.5) is 0 Å². The molecular weight excluding hydrogens is 209 g/mol. The Bertz CT molecular complexity index is 201. The molecule has 0 radical (unpaired) electrons. The van der Waals surface area contributed by atoms with E-state index in [2.05, 4.69) is 54.0 Å². The van der Waals surface area contributed by atoms with E-state index in [9.17, 15) is 0 Å². The quantitative estimate of drug-likeness (QED) is 0.344. The van der Waals surface area contributed by atoms with Crippen LogP contribution in [0.1, 0.15) is 39.0 Å². The lowest BCUT2D eigenvalue weighted by Gasteiger charge is -2.34. The molecule has 0 nitrogen and oxygen atoms in total. The topological polar surface area (TPSA) is 0 Å². The summed E-state index contributed by atoms with van der Waals surface area (Å²) in [5.41, 5.74) is 0. The second-order valence-corrected chi connectivity index (χ2v) is 6.79. The van der Waals surface area contributed by atoms with E-state index >= 15 is 0 Å². The molecule has 0 aliphatic rings. The van der Waals surface area contributed by atoms with Gasteiger partial charge in [0.15, 0.2) is 0 Å². The number of rotatable bonds is 10. The molecule has 0 aromatic heterocycles. The molecule has 0 spiro atoms. The van der Waals surface area contributed by atoms with Crippen molar-refractivity contribution in [2.45, 2.75) is 74.4 Å². The first-order chi connectivity index (χ1) is 8.45. The highest BCUT2D eigenvalue weighted by molar-refractivity contribution is 6.32. The van der Waals surface area contributed by atoms with Crippen molar-refractivity contribution in [1.29, 1.82) is 0 Å². The summed E-state index contributed by atoms with van der Waals surface area (Å²) in [4.78, 5) is 0. The zero-order valence-electron chi connectivity index (χ0n) is 14.1. The van der Waals surface area contributed by atoms with Crippen LogP contribution in [0.25, 0.3) is 0 Å². The summed E-state index contributed by atoms with van der Waals surface area (Å²) in [6.07, 6.45) is 8.39. The van der Waals surface area contributed by atoms with Crippen LogP contribution >= 0.6 is 0 Å². The molecule has 0 saturated heterocycles. The number of hydrogen-bond acceptors (Lipinski definition) is 0. The molecule has 0 fully saturated rings. The fraction of sp³-hybridized carbons (Fsp3) is 1.00. The molecule has 0 heterocycles. The van der Waals surface area contributed by atoms with Crippen LogP contribution in [0.15, 0.2) is 0 Å². The van der Waals surface area contributed by atoms with Gasteiger partial charge < -0.3 is 0 Å². The van der Waals surface area contributed by atoms with Crippen molar-refractivity contribution >= 4 is 47.1 Å². The molecular formula is C12H32B6. The highest BCUT2D eigenvalue weighted by atomic mass is 14.2. The molecule has 0 rings (SSSR count). The molecule has 0 bridgehead atoms. The maximum atomic E-state index is 2.48. The predicted octanol–water partition coefficient (Wildman–Crippen LogP) is -0.884. The maximum absolute atomic E-state index is 2.48. The SMILES string of the molecule is BCC(B)C(B)C(B)C(B)C(B)CCCCCC. The molecule has 0 saturated carbocycles. The van der Waals surface area contributed by atoms with Gasteiger partial charge >= 0.3 is 0 Å². The van der Waals surface area contributed by atoms with Crippen LogP contribution in [0.3, 0.4) is 0 Å². The standard InChI is InChI=1S/C12H32B6/c1-2-3-4-5-6-8(14)10(16)12(18)11(17)9(15)7-13/h8-12H,2-7,13-18H2,1H3. The van der Waals surface area contributed by atoms with Crippen molar-refractivity contribution in [3.8, 4) is 0 Å². The van der Waals surface area contributed by atoms with Crippen molar-refractivity contribution < 1.29 is 0 Å². The van der Waals surface area contributed by atoms with Crippen molar-refractivity contribution in [1.82, 2.24) is 0 Å². The largest absolute Gasteiger partial charge is 0.104 e. The van der Waals surface area contributed by atoms with Gasteiger partial charge in [0.05, 0.1) is 0 Å². The van der Waals surface area contributed by atoms with Crippen molar-refractivity contribution in [2.75, 3.05) is 0 Å². The second kappa shape index (κ2) is 10.2. The molecule has 0 aliphatic heterocycles. The third-order valence-corrected chi connectivity index (χ3v) is 5.61. The van der Waals surface area contributed by atoms with Crippen molar-refractivity contribution in [3.63, 3.8) is 0 Å². The minimum absolute atomic E-state index is 0.862. The molecule has 0 aliphatic carbocycles. The van der Waals surface area contributed by atoms with E-state index in [1.54, 1.807) is 0 Å². The van der Waals surface area contributed by atoms with Crippen LogP contribution in [-0.2, 0) is 0 Å². The highest BCUT2D eigenvalue weighted by Gasteiger charge is 2.25. The third-order valence-electron chi connectivity index (χ3n) is 5.61. The fourth-order valence-corrected chi connectivity index (χ4v) is 3.04. The molecule has 98 valence electrons. The van der Waals surface area contributed by atoms with Gasteiger partial charge in [-0.3, -0.25) is 0 Å². The van der Waals surface area contributed by atoms with Gasteiger partial charge in [0.2, 0.25) is 0 Å². The summed E-state index contributed by atoms with van der Waals surface area (Å²) in [7, 11) is 14.6. The fourth-order valence-electron chi connectivity index (χ4n) is 3.04. The summed E-state index contributed by atoms with van der Waals surface area (Å²) < 4.78 is 0. The summed E-state index contributed by atoms with van der Waals surface area (Å²) in [5.74, 6) is 4.36. The van der Waals surface area contributed by atoms with Gasteiger partial charge in [-0.15, -0.1) is 0 Å². The Morgan fingerprint density at radius 3 is 1.78 bits per heavy atom. The van der Waals surface area contributed by atoms with Gasteiger partial charge in [-0.2, -0.15) is 0 Å². The lowest BCUT2D eigenvalue weighted by atomic mass is 9.44. The van der Waals surface area contributed by atoms with E-state index in [0.29, 0.717) is 0 Å². The zero-order chi connectivity index (χ0) is 14.1. The first-order valence-corrected chi connectivity index (χ1v) is 8.45. The summed E-state index contributed by atoms with van der Waals surface area (Å²) >= 11 is 0. The number of hydrogen-bond donors (Lipinski definition) is 0. The van der Waals surface area contributed by atoms with Crippen molar-refractivity contribution in [2.24, 2.45) is 0 Å². The van der Waals surface area contributed by atoms with Gasteiger partial charge in [-0.25, -0.2) is 0 Å². The Labute approximate surface area is 122 Å². The van der Waals surface area contributed by atoms with E-state index in [0.717, 1.165) is 29.1 Å². The Kier molecular flexibility index (Phi) is 10.4. The van der Waals surface area contributed by atoms with Crippen LogP contribution in [0.5, 0.6) is 0 Å². The minimum atomic E-state index is 0.862. The Hall–Kier alpha value is 0.390. The molecule has 6 heteroatoms. The second-order valence-electron chi connectivity index (χ2n) is 6.79. The van der Waals surface area contributed by atoms with E-state index in [-0.39, 0.29) is 0 Å². The smallest absolute Gasteiger partial charge is 0.0856 e. The molecule has 0 aromatic carbocycles. The maximum Gasteiger partial charge on any atom is 0.104 e. The average Bonchev–Trinajstić information content (AvgIpc) is 2.39. The Morgan fingerprint density at radius 2 is 1.28 bits per heavy atom. The minimum Gasteiger partial charge on any atom is -0.0856 e. The molecule has 0 amide bonds. The van der Waals surface area contributed by atoms with E-state index in [1.807, 2.05) is 0 Å². The molecule has 5 unspecified atom stereocenters. The number of unbranched alkanes of at least 4 members (excludes halogenated alkanes) is 3. The van der Waals surface area contributed by atoms with Crippen LogP contribution in [0, 0.1) is 0 Å². The lowest BCUT2D eigenvalue weighted by Crippen LogP contribution is -2.19. The van der Waals surface area contributed by atoms with Gasteiger partial charge in [-0.05, 0) is 0 Å². The summed E-state index contributed by atoms with van der Waals surface area (Å²) in [6, 6.07) is 0. The van der Waals surface area contributed by atoms with E-state index in [1.165, 1.54) is 38.4 Å². The van der Waals surface area contributed by atoms with Crippen LogP contribution in [0.2, 0.25) is 35.4 Å². The van der Waals surface area contributed by atoms with Crippen LogP contribution in [-0.4, -0.2) is 47.1 Å². The lowest BCUT2D eigenvalue weighted by molar-refractivity contribution is 0.561. The van der Waals surface area contributed by atoms with Crippen molar-refractivity contribution in [3.05, 3.63) is 0 Å². The monoisotopic (exact) mass is 242 g/mol. The van der Waals surface area contributed by atoms with Crippen LogP contribution < -0.4 is 0 Å². The summed E-state index contributed by atoms with van der Waals surface area (Å²) in [5, 5.41) is 0. The van der Waals surface area contributed by atoms with Gasteiger partial charge in [0.1, 0.15) is 47.1 Å².